The van der Waals surface area contributed by atoms with Crippen LogP contribution in [-0.4, -0.2) is 6.71 Å². The molecule has 1 heterocycles. The van der Waals surface area contributed by atoms with Crippen LogP contribution in [0.1, 0.15) is 0 Å². The lowest BCUT2D eigenvalue weighted by Crippen LogP contribution is -2.40. The molecule has 2 aromatic carbocycles. The molecule has 0 nitrogen and oxygen atoms in total. The summed E-state index contributed by atoms with van der Waals surface area (Å²) in [7, 11) is 0. The van der Waals surface area contributed by atoms with Crippen LogP contribution >= 0.6 is 0 Å². The fourth-order valence-corrected chi connectivity index (χ4v) is 3.28. The third-order valence-electron chi connectivity index (χ3n) is 4.04. The first kappa shape index (κ1) is 9.96. The standard InChI is InChI=1S/C17H13B/c1-2-8-13(7-1)18-16-11-5-3-9-14(16)15-10-4-6-12-17(15)18/h1-13H. The number of hydrogen-bond acceptors (Lipinski definition) is 0. The maximum Gasteiger partial charge on any atom is 0.221 e. The molecule has 0 atom stereocenters. The lowest BCUT2D eigenvalue weighted by Gasteiger charge is -2.14. The Kier molecular flexibility index (Phi) is 2.07. The topological polar surface area (TPSA) is 0 Å². The molecule has 0 fully saturated rings. The van der Waals surface area contributed by atoms with Gasteiger partial charge in [-0.3, -0.25) is 0 Å². The van der Waals surface area contributed by atoms with Gasteiger partial charge in [0.05, 0.1) is 0 Å². The summed E-state index contributed by atoms with van der Waals surface area (Å²) >= 11 is 0. The molecule has 84 valence electrons. The minimum atomic E-state index is 0.493. The maximum atomic E-state index is 2.31. The van der Waals surface area contributed by atoms with Crippen molar-refractivity contribution in [2.75, 3.05) is 0 Å². The monoisotopic (exact) mass is 228 g/mol. The third-order valence-corrected chi connectivity index (χ3v) is 4.04. The van der Waals surface area contributed by atoms with E-state index in [1.54, 1.807) is 0 Å². The van der Waals surface area contributed by atoms with Gasteiger partial charge in [-0.05, 0) is 16.9 Å². The Morgan fingerprint density at radius 3 is 1.72 bits per heavy atom. The van der Waals surface area contributed by atoms with Crippen molar-refractivity contribution < 1.29 is 0 Å². The molecule has 2 aliphatic rings. The summed E-state index contributed by atoms with van der Waals surface area (Å²) in [6.45, 7) is 0.493. The highest BCUT2D eigenvalue weighted by Gasteiger charge is 2.35. The van der Waals surface area contributed by atoms with E-state index >= 15 is 0 Å². The van der Waals surface area contributed by atoms with Crippen molar-refractivity contribution in [3.05, 3.63) is 72.8 Å². The zero-order valence-electron chi connectivity index (χ0n) is 10.1. The van der Waals surface area contributed by atoms with Gasteiger partial charge in [0, 0.05) is 0 Å². The predicted octanol–water partition coefficient (Wildman–Crippen LogP) is 2.77. The van der Waals surface area contributed by atoms with Crippen molar-refractivity contribution in [1.29, 1.82) is 0 Å². The molecule has 0 amide bonds. The van der Waals surface area contributed by atoms with Crippen LogP contribution in [-0.2, 0) is 0 Å². The Bertz CT molecular complexity index is 609. The van der Waals surface area contributed by atoms with Gasteiger partial charge in [0.2, 0.25) is 6.71 Å². The average Bonchev–Trinajstić information content (AvgIpc) is 3.03. The molecule has 0 spiro atoms. The van der Waals surface area contributed by atoms with Gasteiger partial charge in [-0.1, -0.05) is 83.8 Å². The van der Waals surface area contributed by atoms with E-state index in [0.717, 1.165) is 0 Å². The number of allylic oxidation sites excluding steroid dienone is 4. The molecule has 4 rings (SSSR count). The Balaban J connectivity index is 1.98. The Hall–Kier alpha value is -2.02. The molecule has 0 unspecified atom stereocenters. The van der Waals surface area contributed by atoms with Gasteiger partial charge in [0.25, 0.3) is 0 Å². The van der Waals surface area contributed by atoms with Crippen molar-refractivity contribution in [1.82, 2.24) is 0 Å². The summed E-state index contributed by atoms with van der Waals surface area (Å²) in [5, 5.41) is 0. The normalized spacial score (nSPS) is 16.1. The molecule has 0 radical (unpaired) electrons. The van der Waals surface area contributed by atoms with Gasteiger partial charge < -0.3 is 0 Å². The molecule has 0 aromatic heterocycles. The Labute approximate surface area is 108 Å². The number of fused-ring (bicyclic) bond motifs is 3. The Morgan fingerprint density at radius 1 is 0.667 bits per heavy atom. The van der Waals surface area contributed by atoms with Crippen LogP contribution in [0.25, 0.3) is 11.1 Å². The average molecular weight is 228 g/mol. The second kappa shape index (κ2) is 3.74. The lowest BCUT2D eigenvalue weighted by atomic mass is 9.36. The van der Waals surface area contributed by atoms with E-state index in [4.69, 9.17) is 0 Å². The van der Waals surface area contributed by atoms with E-state index in [1.165, 1.54) is 22.1 Å². The summed E-state index contributed by atoms with van der Waals surface area (Å²) in [6, 6.07) is 17.6. The minimum absolute atomic E-state index is 0.493. The van der Waals surface area contributed by atoms with Crippen LogP contribution in [0, 0.1) is 0 Å². The van der Waals surface area contributed by atoms with Crippen molar-refractivity contribution >= 4 is 17.6 Å². The fraction of sp³-hybridized carbons (Fsp3) is 0.0588. The highest BCUT2D eigenvalue weighted by atomic mass is 14.2. The van der Waals surface area contributed by atoms with Crippen molar-refractivity contribution in [2.24, 2.45) is 0 Å². The highest BCUT2D eigenvalue weighted by molar-refractivity contribution is 6.91. The fourth-order valence-electron chi connectivity index (χ4n) is 3.28. The van der Waals surface area contributed by atoms with E-state index in [9.17, 15) is 0 Å². The predicted molar refractivity (Wildman–Crippen MR) is 78.9 cm³/mol. The van der Waals surface area contributed by atoms with Crippen LogP contribution in [0.5, 0.6) is 0 Å². The van der Waals surface area contributed by atoms with Gasteiger partial charge in [0.15, 0.2) is 0 Å². The van der Waals surface area contributed by atoms with Gasteiger partial charge in [-0.25, -0.2) is 0 Å². The minimum Gasteiger partial charge on any atom is -0.0842 e. The van der Waals surface area contributed by atoms with E-state index in [0.29, 0.717) is 12.5 Å². The summed E-state index contributed by atoms with van der Waals surface area (Å²) in [6.07, 6.45) is 8.94. The summed E-state index contributed by atoms with van der Waals surface area (Å²) in [4.78, 5) is 0. The molecule has 0 saturated heterocycles. The highest BCUT2D eigenvalue weighted by Crippen LogP contribution is 2.29. The Morgan fingerprint density at radius 2 is 1.17 bits per heavy atom. The molecule has 0 bridgehead atoms. The van der Waals surface area contributed by atoms with Crippen molar-refractivity contribution in [2.45, 2.75) is 5.82 Å². The lowest BCUT2D eigenvalue weighted by molar-refractivity contribution is 1.38. The zero-order chi connectivity index (χ0) is 11.9. The van der Waals surface area contributed by atoms with Crippen LogP contribution in [0.3, 0.4) is 0 Å². The van der Waals surface area contributed by atoms with Gasteiger partial charge >= 0.3 is 0 Å². The third kappa shape index (κ3) is 1.28. The van der Waals surface area contributed by atoms with E-state index in [1.807, 2.05) is 0 Å². The van der Waals surface area contributed by atoms with Crippen LogP contribution in [0.2, 0.25) is 5.82 Å². The number of hydrogen-bond donors (Lipinski definition) is 0. The van der Waals surface area contributed by atoms with E-state index < -0.39 is 0 Å². The van der Waals surface area contributed by atoms with Crippen molar-refractivity contribution in [3.63, 3.8) is 0 Å². The maximum absolute atomic E-state index is 2.31. The van der Waals surface area contributed by atoms with Crippen LogP contribution in [0.15, 0.2) is 72.8 Å². The molecular weight excluding hydrogens is 215 g/mol. The van der Waals surface area contributed by atoms with Crippen molar-refractivity contribution in [3.8, 4) is 11.1 Å². The smallest absolute Gasteiger partial charge is 0.0842 e. The zero-order valence-corrected chi connectivity index (χ0v) is 10.1. The first-order valence-corrected chi connectivity index (χ1v) is 6.48. The second-order valence-corrected chi connectivity index (χ2v) is 5.00. The summed E-state index contributed by atoms with van der Waals surface area (Å²) in [5.41, 5.74) is 5.76. The second-order valence-electron chi connectivity index (χ2n) is 5.00. The number of benzene rings is 2. The quantitative estimate of drug-likeness (QED) is 0.658. The SMILES string of the molecule is C1=CC(B2c3ccccc3-c3ccccc32)C=C1. The molecule has 18 heavy (non-hydrogen) atoms. The van der Waals surface area contributed by atoms with Gasteiger partial charge in [0.1, 0.15) is 0 Å². The van der Waals surface area contributed by atoms with Gasteiger partial charge in [-0.15, -0.1) is 0 Å². The molecule has 1 aliphatic carbocycles. The van der Waals surface area contributed by atoms with E-state index in [-0.39, 0.29) is 0 Å². The first-order chi connectivity index (χ1) is 8.95. The van der Waals surface area contributed by atoms with E-state index in [2.05, 4.69) is 72.8 Å². The largest absolute Gasteiger partial charge is 0.221 e. The summed E-state index contributed by atoms with van der Waals surface area (Å²) < 4.78 is 0. The van der Waals surface area contributed by atoms with Crippen LogP contribution < -0.4 is 10.9 Å². The molecule has 0 saturated carbocycles. The molecule has 0 N–H and O–H groups in total. The first-order valence-electron chi connectivity index (χ1n) is 6.48. The summed E-state index contributed by atoms with van der Waals surface area (Å²) in [5.74, 6) is 0.509. The molecular formula is C17H13B. The molecule has 1 heteroatoms. The molecule has 2 aromatic rings. The van der Waals surface area contributed by atoms with Crippen LogP contribution in [0.4, 0.5) is 0 Å². The number of rotatable bonds is 1. The van der Waals surface area contributed by atoms with Gasteiger partial charge in [-0.2, -0.15) is 0 Å². The molecule has 1 aliphatic heterocycles.